The average Bonchev–Trinajstić information content (AvgIpc) is 3.45. The van der Waals surface area contributed by atoms with Crippen molar-refractivity contribution in [3.63, 3.8) is 0 Å². The van der Waals surface area contributed by atoms with Crippen LogP contribution in [0.5, 0.6) is 0 Å². The molecule has 1 aliphatic carbocycles. The third-order valence-corrected chi connectivity index (χ3v) is 8.46. The predicted molar refractivity (Wildman–Crippen MR) is 161 cm³/mol. The number of benzene rings is 1. The normalized spacial score (nSPS) is 19.0. The van der Waals surface area contributed by atoms with Crippen LogP contribution in [0.2, 0.25) is 0 Å². The third kappa shape index (κ3) is 5.32. The molecule has 41 heavy (non-hydrogen) atoms. The molecule has 216 valence electrons. The van der Waals surface area contributed by atoms with Crippen molar-refractivity contribution in [3.8, 4) is 5.82 Å². The first-order valence-corrected chi connectivity index (χ1v) is 14.6. The smallest absolute Gasteiger partial charge is 0.278 e. The first kappa shape index (κ1) is 27.4. The highest BCUT2D eigenvalue weighted by Gasteiger charge is 2.37. The number of aryl methyl sites for hydroxylation is 2. The van der Waals surface area contributed by atoms with Crippen LogP contribution in [0.25, 0.3) is 16.9 Å². The van der Waals surface area contributed by atoms with E-state index in [0.717, 1.165) is 49.5 Å². The number of anilines is 3. The molecule has 11 heteroatoms. The van der Waals surface area contributed by atoms with Crippen LogP contribution < -0.4 is 26.8 Å². The van der Waals surface area contributed by atoms with Crippen LogP contribution in [-0.2, 0) is 19.1 Å². The maximum atomic E-state index is 13.2. The standard InChI is InChI=1S/C30H39N9O2/c1-4-30(41)14-11-20-5-10-24(36-26(20)30)39-27-25(28(40)38(39)3)19(2)34-29(37-27)35-23-8-6-21(7-9-23)32-17-18-33-22-12-15-31-16-13-22/h5-10,22,31-33,41H,4,11-18H2,1-3H3,(H,34,35,37)/t30-/m1/s1. The molecule has 1 aromatic carbocycles. The molecular formula is C30H39N9O2. The molecule has 1 saturated heterocycles. The molecule has 0 bridgehead atoms. The Kier molecular flexibility index (Phi) is 7.50. The largest absolute Gasteiger partial charge is 0.384 e. The van der Waals surface area contributed by atoms with Crippen molar-refractivity contribution in [2.75, 3.05) is 36.8 Å². The van der Waals surface area contributed by atoms with Crippen molar-refractivity contribution in [1.82, 2.24) is 34.9 Å². The Morgan fingerprint density at radius 1 is 1.05 bits per heavy atom. The molecule has 1 atom stereocenters. The van der Waals surface area contributed by atoms with Gasteiger partial charge in [-0.2, -0.15) is 4.98 Å². The van der Waals surface area contributed by atoms with Crippen molar-refractivity contribution < 1.29 is 5.11 Å². The summed E-state index contributed by atoms with van der Waals surface area (Å²) in [5.74, 6) is 0.939. The maximum Gasteiger partial charge on any atom is 0.278 e. The average molecular weight is 558 g/mol. The predicted octanol–water partition coefficient (Wildman–Crippen LogP) is 2.86. The van der Waals surface area contributed by atoms with Crippen LogP contribution in [0.1, 0.15) is 49.6 Å². The number of hydrogen-bond donors (Lipinski definition) is 5. The highest BCUT2D eigenvalue weighted by molar-refractivity contribution is 5.80. The van der Waals surface area contributed by atoms with E-state index in [1.807, 2.05) is 50.2 Å². The van der Waals surface area contributed by atoms with Gasteiger partial charge in [-0.25, -0.2) is 19.3 Å². The Bertz CT molecular complexity index is 1610. The molecule has 1 aliphatic heterocycles. The monoisotopic (exact) mass is 557 g/mol. The number of aromatic nitrogens is 5. The zero-order chi connectivity index (χ0) is 28.6. The second kappa shape index (κ2) is 11.2. The van der Waals surface area contributed by atoms with Gasteiger partial charge in [0, 0.05) is 37.6 Å². The lowest BCUT2D eigenvalue weighted by Gasteiger charge is -2.23. The van der Waals surface area contributed by atoms with Gasteiger partial charge < -0.3 is 26.4 Å². The Labute approximate surface area is 239 Å². The summed E-state index contributed by atoms with van der Waals surface area (Å²) >= 11 is 0. The quantitative estimate of drug-likeness (QED) is 0.197. The van der Waals surface area contributed by atoms with E-state index in [2.05, 4.69) is 26.3 Å². The van der Waals surface area contributed by atoms with Crippen LogP contribution in [0.15, 0.2) is 41.2 Å². The lowest BCUT2D eigenvalue weighted by molar-refractivity contribution is 0.0306. The number of piperidine rings is 1. The van der Waals surface area contributed by atoms with Gasteiger partial charge in [-0.3, -0.25) is 4.79 Å². The first-order valence-electron chi connectivity index (χ1n) is 14.6. The summed E-state index contributed by atoms with van der Waals surface area (Å²) in [7, 11) is 1.70. The number of rotatable bonds is 9. The van der Waals surface area contributed by atoms with Crippen LogP contribution >= 0.6 is 0 Å². The van der Waals surface area contributed by atoms with Gasteiger partial charge in [-0.1, -0.05) is 13.0 Å². The van der Waals surface area contributed by atoms with Crippen LogP contribution in [0.4, 0.5) is 17.3 Å². The van der Waals surface area contributed by atoms with E-state index >= 15 is 0 Å². The zero-order valence-corrected chi connectivity index (χ0v) is 24.0. The molecule has 4 heterocycles. The Balaban J connectivity index is 1.21. The fraction of sp³-hybridized carbons (Fsp3) is 0.467. The number of aliphatic hydroxyl groups is 1. The minimum Gasteiger partial charge on any atom is -0.384 e. The van der Waals surface area contributed by atoms with Gasteiger partial charge in [-0.05, 0) is 88.0 Å². The van der Waals surface area contributed by atoms with Crippen LogP contribution in [-0.4, -0.2) is 61.6 Å². The molecule has 0 saturated carbocycles. The second-order valence-electron chi connectivity index (χ2n) is 11.1. The van der Waals surface area contributed by atoms with Crippen LogP contribution in [0.3, 0.4) is 0 Å². The molecule has 0 amide bonds. The zero-order valence-electron chi connectivity index (χ0n) is 24.0. The van der Waals surface area contributed by atoms with Gasteiger partial charge in [-0.15, -0.1) is 0 Å². The lowest BCUT2D eigenvalue weighted by Crippen LogP contribution is -2.41. The van der Waals surface area contributed by atoms with Gasteiger partial charge in [0.25, 0.3) is 5.56 Å². The Morgan fingerprint density at radius 3 is 2.56 bits per heavy atom. The maximum absolute atomic E-state index is 13.2. The number of hydrogen-bond acceptors (Lipinski definition) is 9. The van der Waals surface area contributed by atoms with Gasteiger partial charge in [0.05, 0.1) is 11.4 Å². The number of pyridine rings is 1. The molecule has 0 spiro atoms. The Morgan fingerprint density at radius 2 is 1.80 bits per heavy atom. The molecule has 0 radical (unpaired) electrons. The molecule has 1 fully saturated rings. The fourth-order valence-corrected chi connectivity index (χ4v) is 5.99. The topological polar surface area (TPSA) is 134 Å². The highest BCUT2D eigenvalue weighted by atomic mass is 16.3. The Hall–Kier alpha value is -3.80. The van der Waals surface area contributed by atoms with Crippen molar-refractivity contribution in [2.45, 2.75) is 57.6 Å². The van der Waals surface area contributed by atoms with E-state index in [9.17, 15) is 9.90 Å². The summed E-state index contributed by atoms with van der Waals surface area (Å²) in [6.07, 6.45) is 4.38. The first-order chi connectivity index (χ1) is 19.9. The second-order valence-corrected chi connectivity index (χ2v) is 11.1. The fourth-order valence-electron chi connectivity index (χ4n) is 5.99. The van der Waals surface area contributed by atoms with Crippen molar-refractivity contribution >= 4 is 28.4 Å². The summed E-state index contributed by atoms with van der Waals surface area (Å²) < 4.78 is 3.21. The minimum atomic E-state index is -0.949. The summed E-state index contributed by atoms with van der Waals surface area (Å²) in [4.78, 5) is 27.4. The summed E-state index contributed by atoms with van der Waals surface area (Å²) in [5.41, 5.74) is 3.53. The van der Waals surface area contributed by atoms with Crippen LogP contribution in [0, 0.1) is 6.92 Å². The molecule has 11 nitrogen and oxygen atoms in total. The van der Waals surface area contributed by atoms with E-state index in [4.69, 9.17) is 9.97 Å². The summed E-state index contributed by atoms with van der Waals surface area (Å²) in [5, 5.41) is 25.3. The van der Waals surface area contributed by atoms with Crippen molar-refractivity contribution in [1.29, 1.82) is 0 Å². The minimum absolute atomic E-state index is 0.192. The number of fused-ring (bicyclic) bond motifs is 2. The third-order valence-electron chi connectivity index (χ3n) is 8.46. The van der Waals surface area contributed by atoms with E-state index < -0.39 is 5.60 Å². The SMILES string of the molecule is CC[C@@]1(O)CCc2ccc(-n3c4nc(Nc5ccc(NCCNC6CCNCC6)cc5)nc(C)c4c(=O)n3C)nc21. The molecule has 3 aromatic heterocycles. The van der Waals surface area contributed by atoms with E-state index in [1.54, 1.807) is 11.7 Å². The van der Waals surface area contributed by atoms with Crippen molar-refractivity contribution in [3.05, 3.63) is 63.7 Å². The van der Waals surface area contributed by atoms with Gasteiger partial charge in [0.2, 0.25) is 5.95 Å². The lowest BCUT2D eigenvalue weighted by atomic mass is 9.98. The van der Waals surface area contributed by atoms with Crippen molar-refractivity contribution in [2.24, 2.45) is 7.05 Å². The highest BCUT2D eigenvalue weighted by Crippen LogP contribution is 2.38. The molecule has 2 aliphatic rings. The van der Waals surface area contributed by atoms with Gasteiger partial charge >= 0.3 is 0 Å². The molecule has 0 unspecified atom stereocenters. The van der Waals surface area contributed by atoms with Gasteiger partial charge in [0.15, 0.2) is 11.5 Å². The summed E-state index contributed by atoms with van der Waals surface area (Å²) in [6.45, 7) is 7.74. The molecule has 4 aromatic rings. The number of nitrogens with one attached hydrogen (secondary N) is 4. The molecular weight excluding hydrogens is 518 g/mol. The number of nitrogens with zero attached hydrogens (tertiary/aromatic N) is 5. The molecule has 6 rings (SSSR count). The van der Waals surface area contributed by atoms with E-state index in [1.165, 1.54) is 17.5 Å². The van der Waals surface area contributed by atoms with E-state index in [-0.39, 0.29) is 5.56 Å². The molecule has 5 N–H and O–H groups in total. The van der Waals surface area contributed by atoms with Gasteiger partial charge in [0.1, 0.15) is 11.0 Å². The summed E-state index contributed by atoms with van der Waals surface area (Å²) in [6, 6.07) is 12.5. The van der Waals surface area contributed by atoms with E-state index in [0.29, 0.717) is 53.1 Å².